The van der Waals surface area contributed by atoms with Crippen LogP contribution in [0.5, 0.6) is 0 Å². The summed E-state index contributed by atoms with van der Waals surface area (Å²) >= 11 is 6.58. The number of nitrogens with zero attached hydrogens (tertiary/aromatic N) is 3. The van der Waals surface area contributed by atoms with Crippen LogP contribution in [0.15, 0.2) is 0 Å². The predicted octanol–water partition coefficient (Wildman–Crippen LogP) is 8.17. The summed E-state index contributed by atoms with van der Waals surface area (Å²) in [6.07, 6.45) is 27.2. The monoisotopic (exact) mass is 898 g/mol. The van der Waals surface area contributed by atoms with E-state index in [4.69, 9.17) is 21.1 Å². The van der Waals surface area contributed by atoms with Crippen LogP contribution in [-0.2, 0) is 33.9 Å². The number of hydrogen-bond donors (Lipinski definition) is 2. The summed E-state index contributed by atoms with van der Waals surface area (Å²) in [7, 11) is -1.12. The molecule has 5 amide bonds. The number of fused-ring (bicyclic) bond motifs is 1. The number of alkyl halides is 1. The maximum absolute atomic E-state index is 14.6. The van der Waals surface area contributed by atoms with Gasteiger partial charge in [0.25, 0.3) is 17.7 Å². The highest BCUT2D eigenvalue weighted by Gasteiger charge is 2.54. The fraction of sp³-hybridized carbons (Fsp3) is 0.913. The second kappa shape index (κ2) is 25.5. The van der Waals surface area contributed by atoms with Gasteiger partial charge < -0.3 is 19.7 Å². The molecule has 3 aliphatic carbocycles. The van der Waals surface area contributed by atoms with Crippen LogP contribution in [0.1, 0.15) is 187 Å². The largest absolute Gasteiger partial charge is 0.376 e. The first-order chi connectivity index (χ1) is 29.5. The molecule has 61 heavy (non-hydrogen) atoms. The topological polar surface area (TPSA) is 155 Å². The molecule has 0 aromatic heterocycles. The number of likely N-dealkylation sites (N-methyl/N-ethyl adjacent to an activating group) is 1. The van der Waals surface area contributed by atoms with Crippen molar-refractivity contribution < 1.29 is 37.1 Å². The number of ether oxygens (including phenoxy) is 2. The quantitative estimate of drug-likeness (QED) is 0.0382. The number of nitrogens with one attached hydrogen (secondary N) is 2. The average molecular weight is 899 g/mol. The minimum absolute atomic E-state index is 0.0577. The summed E-state index contributed by atoms with van der Waals surface area (Å²) in [5.74, 6) is -1.86. The lowest BCUT2D eigenvalue weighted by molar-refractivity contribution is -0.152. The number of urea groups is 1. The molecule has 2 N–H and O–H groups in total. The van der Waals surface area contributed by atoms with Crippen molar-refractivity contribution in [3.63, 3.8) is 0 Å². The van der Waals surface area contributed by atoms with Gasteiger partial charge in [-0.3, -0.25) is 19.3 Å². The number of halogens is 1. The summed E-state index contributed by atoms with van der Waals surface area (Å²) in [6, 6.07) is -3.75. The maximum Gasteiger partial charge on any atom is 0.330 e. The van der Waals surface area contributed by atoms with Gasteiger partial charge in [-0.1, -0.05) is 129 Å². The minimum Gasteiger partial charge on any atom is -0.376 e. The third kappa shape index (κ3) is 14.0. The van der Waals surface area contributed by atoms with Crippen molar-refractivity contribution in [2.75, 3.05) is 27.3 Å². The van der Waals surface area contributed by atoms with E-state index < -0.39 is 63.4 Å². The molecule has 0 bridgehead atoms. The lowest BCUT2D eigenvalue weighted by atomic mass is 9.85. The molecular formula is C46H80ClN5O8S. The van der Waals surface area contributed by atoms with Crippen LogP contribution >= 0.6 is 11.6 Å². The molecule has 5 rings (SSSR count). The van der Waals surface area contributed by atoms with Gasteiger partial charge >= 0.3 is 6.03 Å². The molecule has 9 atom stereocenters. The highest BCUT2D eigenvalue weighted by molar-refractivity contribution is 7.90. The Balaban J connectivity index is 1.19. The van der Waals surface area contributed by atoms with Gasteiger partial charge in [-0.25, -0.2) is 22.8 Å². The van der Waals surface area contributed by atoms with Gasteiger partial charge in [0, 0.05) is 44.8 Å². The zero-order chi connectivity index (χ0) is 43.8. The number of carbonyl (C=O) groups is 4. The van der Waals surface area contributed by atoms with Crippen molar-refractivity contribution in [3.8, 4) is 0 Å². The number of hydrogen-bond acceptors (Lipinski definition) is 8. The molecule has 2 saturated heterocycles. The highest BCUT2D eigenvalue weighted by Crippen LogP contribution is 2.37. The first-order valence-electron chi connectivity index (χ1n) is 24.5. The molecule has 350 valence electrons. The molecule has 2 aliphatic heterocycles. The predicted molar refractivity (Wildman–Crippen MR) is 239 cm³/mol. The van der Waals surface area contributed by atoms with Crippen LogP contribution in [0, 0.1) is 5.92 Å². The number of carbonyl (C=O) groups excluding carboxylic acids is 4. The van der Waals surface area contributed by atoms with Crippen LogP contribution in [-0.4, -0.2) is 121 Å². The smallest absolute Gasteiger partial charge is 0.330 e. The summed E-state index contributed by atoms with van der Waals surface area (Å²) in [6.45, 7) is 3.17. The zero-order valence-corrected chi connectivity index (χ0v) is 39.4. The summed E-state index contributed by atoms with van der Waals surface area (Å²) in [5.41, 5.74) is 0. The fourth-order valence-corrected chi connectivity index (χ4v) is 13.0. The first-order valence-corrected chi connectivity index (χ1v) is 26.5. The minimum atomic E-state index is -3.83. The van der Waals surface area contributed by atoms with Gasteiger partial charge in [-0.05, 0) is 63.7 Å². The Kier molecular flexibility index (Phi) is 20.9. The molecule has 0 aromatic rings. The molecule has 0 spiro atoms. The van der Waals surface area contributed by atoms with E-state index >= 15 is 0 Å². The second-order valence-corrected chi connectivity index (χ2v) is 21.4. The second-order valence-electron chi connectivity index (χ2n) is 18.9. The van der Waals surface area contributed by atoms with Crippen molar-refractivity contribution in [2.24, 2.45) is 5.92 Å². The fourth-order valence-electron chi connectivity index (χ4n) is 10.7. The standard InChI is InChI=1S/C46H80ClN5O8S/c1-4-5-6-7-8-9-10-11-12-13-14-15-16-17-18-23-32-60-40-29-28-35(61(57,58)49-37-26-21-20-25-36(37)47)33-38(40)48-42(53)41(52-44(55)45(59-3)50(2)46(52)56)43(54)51-31-30-34-24-19-22-27-39(34)51/h34-41,45,49H,4-33H2,1-3H3,(H,48,53). The highest BCUT2D eigenvalue weighted by atomic mass is 35.5. The lowest BCUT2D eigenvalue weighted by Crippen LogP contribution is -2.62. The number of methoxy groups -OCH3 is 1. The van der Waals surface area contributed by atoms with Gasteiger partial charge in [0.2, 0.25) is 16.3 Å². The normalized spacial score (nSPS) is 29.0. The van der Waals surface area contributed by atoms with Gasteiger partial charge in [-0.2, -0.15) is 0 Å². The van der Waals surface area contributed by atoms with Gasteiger partial charge in [0.15, 0.2) is 6.04 Å². The zero-order valence-electron chi connectivity index (χ0n) is 37.8. The first kappa shape index (κ1) is 50.0. The summed E-state index contributed by atoms with van der Waals surface area (Å²) in [5, 5.41) is 1.88. The van der Waals surface area contributed by atoms with Crippen LogP contribution in [0.25, 0.3) is 0 Å². The van der Waals surface area contributed by atoms with Crippen LogP contribution in [0.4, 0.5) is 4.79 Å². The maximum atomic E-state index is 14.6. The van der Waals surface area contributed by atoms with E-state index in [9.17, 15) is 27.6 Å². The molecule has 5 aliphatic rings. The van der Waals surface area contributed by atoms with E-state index in [0.29, 0.717) is 38.3 Å². The van der Waals surface area contributed by atoms with E-state index in [-0.39, 0.29) is 23.9 Å². The summed E-state index contributed by atoms with van der Waals surface area (Å²) in [4.78, 5) is 60.1. The number of likely N-dealkylation sites (tertiary alicyclic amines) is 1. The summed E-state index contributed by atoms with van der Waals surface area (Å²) < 4.78 is 42.5. The third-order valence-electron chi connectivity index (χ3n) is 14.4. The van der Waals surface area contributed by atoms with E-state index in [1.807, 2.05) is 0 Å². The molecular weight excluding hydrogens is 818 g/mol. The molecule has 0 aromatic carbocycles. The van der Waals surface area contributed by atoms with Crippen molar-refractivity contribution in [3.05, 3.63) is 0 Å². The molecule has 0 radical (unpaired) electrons. The van der Waals surface area contributed by atoms with Crippen molar-refractivity contribution >= 4 is 45.4 Å². The Morgan fingerprint density at radius 1 is 0.770 bits per heavy atom. The average Bonchev–Trinajstić information content (AvgIpc) is 3.77. The lowest BCUT2D eigenvalue weighted by Gasteiger charge is -2.39. The van der Waals surface area contributed by atoms with E-state index in [2.05, 4.69) is 17.0 Å². The van der Waals surface area contributed by atoms with Crippen molar-refractivity contribution in [2.45, 2.75) is 234 Å². The Morgan fingerprint density at radius 3 is 1.97 bits per heavy atom. The number of rotatable bonds is 26. The van der Waals surface area contributed by atoms with E-state index in [1.54, 1.807) is 4.90 Å². The molecule has 2 heterocycles. The SMILES string of the molecule is CCCCCCCCCCCCCCCCCCOC1CCC(S(=O)(=O)NC2CCCCC2Cl)CC1NC(=O)C(C(=O)N1CCC2CCCCC21)N1C(=O)C(OC)N(C)C1=O. The molecule has 3 saturated carbocycles. The molecule has 9 unspecified atom stereocenters. The molecule has 13 nitrogen and oxygen atoms in total. The molecule has 5 fully saturated rings. The van der Waals surface area contributed by atoms with Crippen molar-refractivity contribution in [1.29, 1.82) is 0 Å². The van der Waals surface area contributed by atoms with Gasteiger partial charge in [0.05, 0.1) is 17.4 Å². The Labute approximate surface area is 372 Å². The van der Waals surface area contributed by atoms with Crippen LogP contribution in [0.2, 0.25) is 0 Å². The Hall–Kier alpha value is -2.00. The van der Waals surface area contributed by atoms with E-state index in [0.717, 1.165) is 80.4 Å². The number of unbranched alkanes of at least 4 members (excludes halogenated alkanes) is 15. The Bertz CT molecular complexity index is 1510. The van der Waals surface area contributed by atoms with Gasteiger partial charge in [0.1, 0.15) is 0 Å². The van der Waals surface area contributed by atoms with Crippen LogP contribution < -0.4 is 10.0 Å². The van der Waals surface area contributed by atoms with Crippen molar-refractivity contribution in [1.82, 2.24) is 24.7 Å². The van der Waals surface area contributed by atoms with E-state index in [1.165, 1.54) is 97.6 Å². The number of amides is 5. The van der Waals surface area contributed by atoms with Gasteiger partial charge in [-0.15, -0.1) is 11.6 Å². The molecule has 15 heteroatoms. The Morgan fingerprint density at radius 2 is 1.36 bits per heavy atom. The number of imide groups is 1. The number of sulfonamides is 1. The third-order valence-corrected chi connectivity index (χ3v) is 16.9. The van der Waals surface area contributed by atoms with Crippen LogP contribution in [0.3, 0.4) is 0 Å².